The van der Waals surface area contributed by atoms with Crippen LogP contribution in [0.15, 0.2) is 67.1 Å². The Bertz CT molecular complexity index is 1330. The number of benzene rings is 1. The lowest BCUT2D eigenvalue weighted by molar-refractivity contribution is 0.0662. The topological polar surface area (TPSA) is 93.4 Å². The van der Waals surface area contributed by atoms with Crippen LogP contribution in [-0.4, -0.2) is 55.4 Å². The predicted octanol–water partition coefficient (Wildman–Crippen LogP) is 4.16. The summed E-state index contributed by atoms with van der Waals surface area (Å²) < 4.78 is 7.68. The summed E-state index contributed by atoms with van der Waals surface area (Å²) in [7, 11) is 0. The fraction of sp³-hybridized carbons (Fsp3) is 0.286. The average molecular weight is 484 g/mol. The normalized spacial score (nSPS) is 13.2. The Balaban J connectivity index is 1.44. The lowest BCUT2D eigenvalue weighted by Gasteiger charge is -2.27. The van der Waals surface area contributed by atoms with E-state index in [1.54, 1.807) is 28.2 Å². The molecule has 0 radical (unpaired) electrons. The van der Waals surface area contributed by atoms with Gasteiger partial charge in [-0.25, -0.2) is 4.98 Å². The number of aliphatic hydroxyl groups is 1. The number of amides is 1. The average Bonchev–Trinajstić information content (AvgIpc) is 3.31. The molecule has 1 aromatic carbocycles. The first kappa shape index (κ1) is 23.7. The predicted molar refractivity (Wildman–Crippen MR) is 137 cm³/mol. The van der Waals surface area contributed by atoms with Crippen LogP contribution in [0.2, 0.25) is 0 Å². The van der Waals surface area contributed by atoms with Crippen LogP contribution in [0.5, 0.6) is 5.88 Å². The zero-order valence-corrected chi connectivity index (χ0v) is 20.5. The molecule has 8 nitrogen and oxygen atoms in total. The van der Waals surface area contributed by atoms with Gasteiger partial charge in [0.25, 0.3) is 5.91 Å². The minimum atomic E-state index is -0.150. The highest BCUT2D eigenvalue weighted by Crippen LogP contribution is 2.36. The number of pyridine rings is 2. The molecule has 0 bridgehead atoms. The molecule has 0 unspecified atom stereocenters. The Labute approximate surface area is 210 Å². The van der Waals surface area contributed by atoms with Crippen molar-refractivity contribution in [3.8, 4) is 28.3 Å². The van der Waals surface area contributed by atoms with Gasteiger partial charge >= 0.3 is 0 Å². The summed E-state index contributed by atoms with van der Waals surface area (Å²) in [6.07, 6.45) is 5.14. The number of hydrogen-bond acceptors (Lipinski definition) is 6. The van der Waals surface area contributed by atoms with Crippen LogP contribution in [-0.2, 0) is 13.2 Å². The summed E-state index contributed by atoms with van der Waals surface area (Å²) in [4.78, 5) is 23.6. The maximum atomic E-state index is 13.3. The molecule has 0 fully saturated rings. The van der Waals surface area contributed by atoms with Gasteiger partial charge in [0.15, 0.2) is 0 Å². The van der Waals surface area contributed by atoms with E-state index < -0.39 is 0 Å². The second-order valence-electron chi connectivity index (χ2n) is 9.12. The largest absolute Gasteiger partial charge is 0.473 e. The molecular formula is C28H29N5O3. The third-order valence-electron chi connectivity index (χ3n) is 6.41. The van der Waals surface area contributed by atoms with E-state index in [4.69, 9.17) is 9.84 Å². The summed E-state index contributed by atoms with van der Waals surface area (Å²) in [5.41, 5.74) is 5.93. The molecule has 0 saturated carbocycles. The Hall–Kier alpha value is -4.04. The Kier molecular flexibility index (Phi) is 6.77. The third kappa shape index (κ3) is 4.72. The Morgan fingerprint density at radius 3 is 2.44 bits per heavy atom. The fourth-order valence-electron chi connectivity index (χ4n) is 4.40. The second kappa shape index (κ2) is 10.3. The van der Waals surface area contributed by atoms with Crippen molar-refractivity contribution in [2.45, 2.75) is 32.9 Å². The number of β-amino-alcohol motifs (C(OH)–C–C–N with tert-alkyl or cyclic N) is 1. The summed E-state index contributed by atoms with van der Waals surface area (Å²) in [6.45, 7) is 6.04. The number of fused-ring (bicyclic) bond motifs is 1. The van der Waals surface area contributed by atoms with E-state index in [9.17, 15) is 9.90 Å². The van der Waals surface area contributed by atoms with Gasteiger partial charge in [-0.1, -0.05) is 38.1 Å². The van der Waals surface area contributed by atoms with Gasteiger partial charge in [-0.05, 0) is 35.2 Å². The molecule has 5 rings (SSSR count). The molecule has 36 heavy (non-hydrogen) atoms. The third-order valence-corrected chi connectivity index (χ3v) is 6.41. The molecule has 1 aliphatic rings. The zero-order chi connectivity index (χ0) is 25.1. The summed E-state index contributed by atoms with van der Waals surface area (Å²) in [5, 5.41) is 14.2. The lowest BCUT2D eigenvalue weighted by Crippen LogP contribution is -2.42. The second-order valence-corrected chi connectivity index (χ2v) is 9.12. The maximum Gasteiger partial charge on any atom is 0.272 e. The molecule has 1 amide bonds. The molecule has 0 aliphatic carbocycles. The highest BCUT2D eigenvalue weighted by atomic mass is 16.5. The van der Waals surface area contributed by atoms with E-state index in [-0.39, 0.29) is 19.1 Å². The highest BCUT2D eigenvalue weighted by Gasteiger charge is 2.32. The molecular weight excluding hydrogens is 454 g/mol. The molecule has 184 valence electrons. The van der Waals surface area contributed by atoms with Crippen LogP contribution < -0.4 is 4.74 Å². The van der Waals surface area contributed by atoms with Gasteiger partial charge in [0.2, 0.25) is 5.88 Å². The summed E-state index contributed by atoms with van der Waals surface area (Å²) in [5.74, 6) is 0.845. The van der Waals surface area contributed by atoms with Crippen molar-refractivity contribution in [3.63, 3.8) is 0 Å². The zero-order valence-electron chi connectivity index (χ0n) is 20.5. The van der Waals surface area contributed by atoms with Gasteiger partial charge in [-0.15, -0.1) is 0 Å². The highest BCUT2D eigenvalue weighted by molar-refractivity contribution is 6.03. The molecule has 0 atom stereocenters. The van der Waals surface area contributed by atoms with Crippen LogP contribution in [0.1, 0.15) is 41.4 Å². The monoisotopic (exact) mass is 483 g/mol. The van der Waals surface area contributed by atoms with Gasteiger partial charge in [0, 0.05) is 54.4 Å². The summed E-state index contributed by atoms with van der Waals surface area (Å²) >= 11 is 0. The fourth-order valence-corrected chi connectivity index (χ4v) is 4.40. The first-order valence-corrected chi connectivity index (χ1v) is 12.1. The van der Waals surface area contributed by atoms with E-state index in [1.165, 1.54) is 5.56 Å². The number of rotatable bonds is 8. The van der Waals surface area contributed by atoms with Crippen LogP contribution in [0, 0.1) is 0 Å². The first-order chi connectivity index (χ1) is 17.5. The number of nitrogens with zero attached hydrogens (tertiary/aromatic N) is 5. The molecule has 1 N–H and O–H groups in total. The maximum absolute atomic E-state index is 13.3. The van der Waals surface area contributed by atoms with Crippen LogP contribution in [0.4, 0.5) is 0 Å². The summed E-state index contributed by atoms with van der Waals surface area (Å²) in [6, 6.07) is 15.9. The lowest BCUT2D eigenvalue weighted by atomic mass is 9.99. The van der Waals surface area contributed by atoms with E-state index in [1.807, 2.05) is 24.3 Å². The van der Waals surface area contributed by atoms with Gasteiger partial charge in [-0.3, -0.25) is 14.5 Å². The molecule has 0 spiro atoms. The standard InChI is InChI=1S/C28H29N5O3/c1-19(2)21-5-3-20(4-6-21)18-36-24-8-7-23(17-30-24)25-26(22-9-11-29-12-10-22)31-33-14-13-32(15-16-34)28(35)27(25)33/h3-12,17,19,34H,13-16,18H2,1-2H3. The molecule has 8 heteroatoms. The quantitative estimate of drug-likeness (QED) is 0.405. The number of carbonyl (C=O) groups excluding carboxylic acids is 1. The van der Waals surface area contributed by atoms with Crippen LogP contribution in [0.25, 0.3) is 22.4 Å². The number of hydrogen-bond donors (Lipinski definition) is 1. The first-order valence-electron chi connectivity index (χ1n) is 12.1. The van der Waals surface area contributed by atoms with Crippen LogP contribution >= 0.6 is 0 Å². The van der Waals surface area contributed by atoms with Gasteiger partial charge in [0.1, 0.15) is 18.0 Å². The van der Waals surface area contributed by atoms with E-state index in [0.717, 1.165) is 22.3 Å². The number of carbonyl (C=O) groups is 1. The van der Waals surface area contributed by atoms with Crippen molar-refractivity contribution in [2.75, 3.05) is 19.7 Å². The molecule has 1 aliphatic heterocycles. The van der Waals surface area contributed by atoms with Gasteiger partial charge < -0.3 is 14.7 Å². The van der Waals surface area contributed by atoms with Gasteiger partial charge in [0.05, 0.1) is 13.2 Å². The molecule has 4 heterocycles. The minimum Gasteiger partial charge on any atom is -0.473 e. The van der Waals surface area contributed by atoms with E-state index >= 15 is 0 Å². The number of ether oxygens (including phenoxy) is 1. The van der Waals surface area contributed by atoms with E-state index in [2.05, 4.69) is 48.1 Å². The van der Waals surface area contributed by atoms with Gasteiger partial charge in [-0.2, -0.15) is 5.10 Å². The van der Waals surface area contributed by atoms with Crippen LogP contribution in [0.3, 0.4) is 0 Å². The van der Waals surface area contributed by atoms with E-state index in [0.29, 0.717) is 42.9 Å². The molecule has 4 aromatic rings. The van der Waals surface area contributed by atoms with Crippen molar-refractivity contribution >= 4 is 5.91 Å². The van der Waals surface area contributed by atoms with Crippen molar-refractivity contribution in [2.24, 2.45) is 0 Å². The molecule has 3 aromatic heterocycles. The van der Waals surface area contributed by atoms with Crippen molar-refractivity contribution < 1.29 is 14.6 Å². The van der Waals surface area contributed by atoms with Crippen molar-refractivity contribution in [1.82, 2.24) is 24.6 Å². The SMILES string of the molecule is CC(C)c1ccc(COc2ccc(-c3c(-c4ccncc4)nn4c3C(=O)N(CCO)CC4)cn2)cc1. The number of aliphatic hydroxyl groups excluding tert-OH is 1. The number of aromatic nitrogens is 4. The minimum absolute atomic E-state index is 0.0831. The Morgan fingerprint density at radius 1 is 1.00 bits per heavy atom. The smallest absolute Gasteiger partial charge is 0.272 e. The van der Waals surface area contributed by atoms with Crippen molar-refractivity contribution in [1.29, 1.82) is 0 Å². The molecule has 0 saturated heterocycles. The Morgan fingerprint density at radius 2 is 1.78 bits per heavy atom. The van der Waals surface area contributed by atoms with Crippen molar-refractivity contribution in [3.05, 3.63) is 83.9 Å².